The highest BCUT2D eigenvalue weighted by Gasteiger charge is 2.25. The van der Waals surface area contributed by atoms with Crippen molar-refractivity contribution in [2.45, 2.75) is 46.6 Å². The van der Waals surface area contributed by atoms with Crippen LogP contribution in [0.3, 0.4) is 0 Å². The van der Waals surface area contributed by atoms with Gasteiger partial charge in [-0.05, 0) is 58.2 Å². The minimum Gasteiger partial charge on any atom is -0.349 e. The molecule has 1 aromatic carbocycles. The number of carbonyl (C=O) groups excluding carboxylic acids is 1. The SMILES string of the molecule is Cc1ccc(C(CNC(=O)c2nc(C)sc2C)N2CCC(C)CC2)cc1. The predicted molar refractivity (Wildman–Crippen MR) is 108 cm³/mol. The smallest absolute Gasteiger partial charge is 0.271 e. The molecule has 0 bridgehead atoms. The molecule has 1 N–H and O–H groups in total. The number of hydrogen-bond donors (Lipinski definition) is 1. The molecule has 1 aliphatic rings. The van der Waals surface area contributed by atoms with E-state index in [0.29, 0.717) is 12.2 Å². The first kappa shape index (κ1) is 19.1. The molecular formula is C21H29N3OS. The van der Waals surface area contributed by atoms with Crippen molar-refractivity contribution in [1.82, 2.24) is 15.2 Å². The molecule has 1 fully saturated rings. The molecule has 1 amide bonds. The van der Waals surface area contributed by atoms with E-state index >= 15 is 0 Å². The van der Waals surface area contributed by atoms with E-state index in [1.807, 2.05) is 13.8 Å². The van der Waals surface area contributed by atoms with E-state index in [0.717, 1.165) is 28.9 Å². The van der Waals surface area contributed by atoms with Gasteiger partial charge in [-0.2, -0.15) is 0 Å². The van der Waals surface area contributed by atoms with Crippen molar-refractivity contribution in [1.29, 1.82) is 0 Å². The third-order valence-corrected chi connectivity index (χ3v) is 6.18. The normalized spacial score (nSPS) is 17.2. The number of rotatable bonds is 5. The topological polar surface area (TPSA) is 45.2 Å². The lowest BCUT2D eigenvalue weighted by Crippen LogP contribution is -2.42. The van der Waals surface area contributed by atoms with E-state index in [1.54, 1.807) is 11.3 Å². The van der Waals surface area contributed by atoms with Gasteiger partial charge in [0.2, 0.25) is 0 Å². The van der Waals surface area contributed by atoms with Gasteiger partial charge in [0.25, 0.3) is 5.91 Å². The van der Waals surface area contributed by atoms with Gasteiger partial charge in [-0.25, -0.2) is 4.98 Å². The average Bonchev–Trinajstić information content (AvgIpc) is 2.96. The van der Waals surface area contributed by atoms with Crippen molar-refractivity contribution in [2.24, 2.45) is 5.92 Å². The van der Waals surface area contributed by atoms with Gasteiger partial charge < -0.3 is 5.32 Å². The summed E-state index contributed by atoms with van der Waals surface area (Å²) in [5, 5.41) is 4.08. The quantitative estimate of drug-likeness (QED) is 0.854. The second-order valence-electron chi connectivity index (χ2n) is 7.49. The molecule has 0 spiro atoms. The number of aryl methyl sites for hydroxylation is 3. The molecule has 4 nitrogen and oxygen atoms in total. The van der Waals surface area contributed by atoms with Crippen molar-refractivity contribution < 1.29 is 4.79 Å². The number of piperidine rings is 1. The summed E-state index contributed by atoms with van der Waals surface area (Å²) in [5.41, 5.74) is 3.11. The Hall–Kier alpha value is -1.72. The van der Waals surface area contributed by atoms with Crippen molar-refractivity contribution in [3.05, 3.63) is 51.0 Å². The first-order valence-electron chi connectivity index (χ1n) is 9.47. The van der Waals surface area contributed by atoms with Gasteiger partial charge >= 0.3 is 0 Å². The zero-order chi connectivity index (χ0) is 18.7. The minimum atomic E-state index is -0.0608. The number of amides is 1. The Kier molecular flexibility index (Phi) is 6.09. The predicted octanol–water partition coefficient (Wildman–Crippen LogP) is 4.27. The van der Waals surface area contributed by atoms with Crippen LogP contribution in [0.1, 0.15) is 57.3 Å². The van der Waals surface area contributed by atoms with Crippen molar-refractivity contribution in [3.63, 3.8) is 0 Å². The zero-order valence-corrected chi connectivity index (χ0v) is 17.0. The highest BCUT2D eigenvalue weighted by Crippen LogP contribution is 2.27. The van der Waals surface area contributed by atoms with Crippen molar-refractivity contribution in [3.8, 4) is 0 Å². The van der Waals surface area contributed by atoms with Gasteiger partial charge in [-0.3, -0.25) is 9.69 Å². The number of nitrogens with one attached hydrogen (secondary N) is 1. The van der Waals surface area contributed by atoms with Crippen LogP contribution in [0.25, 0.3) is 0 Å². The molecule has 2 heterocycles. The first-order chi connectivity index (χ1) is 12.4. The van der Waals surface area contributed by atoms with E-state index in [9.17, 15) is 4.79 Å². The fraction of sp³-hybridized carbons (Fsp3) is 0.524. The maximum Gasteiger partial charge on any atom is 0.271 e. The molecular weight excluding hydrogens is 342 g/mol. The maximum atomic E-state index is 12.6. The molecule has 0 aliphatic carbocycles. The van der Waals surface area contributed by atoms with E-state index in [1.165, 1.54) is 24.0 Å². The molecule has 3 rings (SSSR count). The lowest BCUT2D eigenvalue weighted by Gasteiger charge is -2.37. The Bertz CT molecular complexity index is 745. The van der Waals surface area contributed by atoms with Gasteiger partial charge in [0.15, 0.2) is 0 Å². The van der Waals surface area contributed by atoms with Crippen LogP contribution in [0.5, 0.6) is 0 Å². The van der Waals surface area contributed by atoms with E-state index in [-0.39, 0.29) is 11.9 Å². The Balaban J connectivity index is 1.74. The lowest BCUT2D eigenvalue weighted by molar-refractivity contribution is 0.0908. The van der Waals surface area contributed by atoms with Crippen LogP contribution in [0.4, 0.5) is 0 Å². The number of nitrogens with zero attached hydrogens (tertiary/aromatic N) is 2. The summed E-state index contributed by atoms with van der Waals surface area (Å²) >= 11 is 1.58. The summed E-state index contributed by atoms with van der Waals surface area (Å²) in [6.45, 7) is 11.1. The summed E-state index contributed by atoms with van der Waals surface area (Å²) in [4.78, 5) is 20.5. The molecule has 1 atom stereocenters. The number of benzene rings is 1. The number of carbonyl (C=O) groups is 1. The Morgan fingerprint density at radius 2 is 1.88 bits per heavy atom. The third-order valence-electron chi connectivity index (χ3n) is 5.30. The second kappa shape index (κ2) is 8.31. The van der Waals surface area contributed by atoms with Gasteiger partial charge in [-0.15, -0.1) is 11.3 Å². The average molecular weight is 372 g/mol. The minimum absolute atomic E-state index is 0.0608. The summed E-state index contributed by atoms with van der Waals surface area (Å²) in [6, 6.07) is 8.92. The highest BCUT2D eigenvalue weighted by atomic mass is 32.1. The molecule has 0 saturated carbocycles. The van der Waals surface area contributed by atoms with Crippen LogP contribution >= 0.6 is 11.3 Å². The Morgan fingerprint density at radius 1 is 1.23 bits per heavy atom. The summed E-state index contributed by atoms with van der Waals surface area (Å²) in [5.74, 6) is 0.731. The van der Waals surface area contributed by atoms with E-state index < -0.39 is 0 Å². The molecule has 0 radical (unpaired) electrons. The van der Waals surface area contributed by atoms with Crippen LogP contribution in [0, 0.1) is 26.7 Å². The molecule has 5 heteroatoms. The summed E-state index contributed by atoms with van der Waals surface area (Å²) in [6.07, 6.45) is 2.45. The van der Waals surface area contributed by atoms with Crippen LogP contribution in [0.15, 0.2) is 24.3 Å². The third kappa shape index (κ3) is 4.51. The molecule has 26 heavy (non-hydrogen) atoms. The van der Waals surface area contributed by atoms with Crippen molar-refractivity contribution >= 4 is 17.2 Å². The van der Waals surface area contributed by atoms with Gasteiger partial charge in [0, 0.05) is 11.4 Å². The molecule has 1 aromatic heterocycles. The van der Waals surface area contributed by atoms with Crippen molar-refractivity contribution in [2.75, 3.05) is 19.6 Å². The van der Waals surface area contributed by atoms with Crippen LogP contribution in [-0.4, -0.2) is 35.4 Å². The monoisotopic (exact) mass is 371 g/mol. The molecule has 1 unspecified atom stereocenters. The number of hydrogen-bond acceptors (Lipinski definition) is 4. The molecule has 1 saturated heterocycles. The van der Waals surface area contributed by atoms with Gasteiger partial charge in [0.05, 0.1) is 11.0 Å². The van der Waals surface area contributed by atoms with Crippen LogP contribution in [0.2, 0.25) is 0 Å². The largest absolute Gasteiger partial charge is 0.349 e. The molecule has 2 aromatic rings. The lowest BCUT2D eigenvalue weighted by atomic mass is 9.95. The Labute approximate surface area is 160 Å². The standard InChI is InChI=1S/C21H29N3OS/c1-14-5-7-18(8-6-14)19(24-11-9-15(2)10-12-24)13-22-21(25)20-16(3)26-17(4)23-20/h5-8,15,19H,9-13H2,1-4H3,(H,22,25). The summed E-state index contributed by atoms with van der Waals surface area (Å²) in [7, 11) is 0. The van der Waals surface area contributed by atoms with Crippen LogP contribution < -0.4 is 5.32 Å². The first-order valence-corrected chi connectivity index (χ1v) is 10.3. The highest BCUT2D eigenvalue weighted by molar-refractivity contribution is 7.11. The Morgan fingerprint density at radius 3 is 2.46 bits per heavy atom. The second-order valence-corrected chi connectivity index (χ2v) is 8.90. The van der Waals surface area contributed by atoms with Gasteiger partial charge in [-0.1, -0.05) is 36.8 Å². The van der Waals surface area contributed by atoms with Crippen LogP contribution in [-0.2, 0) is 0 Å². The van der Waals surface area contributed by atoms with E-state index in [4.69, 9.17) is 0 Å². The molecule has 1 aliphatic heterocycles. The van der Waals surface area contributed by atoms with Gasteiger partial charge in [0.1, 0.15) is 5.69 Å². The molecule has 140 valence electrons. The fourth-order valence-electron chi connectivity index (χ4n) is 3.60. The number of aromatic nitrogens is 1. The number of thiazole rings is 1. The zero-order valence-electron chi connectivity index (χ0n) is 16.2. The maximum absolute atomic E-state index is 12.6. The number of likely N-dealkylation sites (tertiary alicyclic amines) is 1. The van der Waals surface area contributed by atoms with E-state index in [2.05, 4.69) is 53.3 Å². The fourth-order valence-corrected chi connectivity index (χ4v) is 4.41. The summed E-state index contributed by atoms with van der Waals surface area (Å²) < 4.78 is 0.